The van der Waals surface area contributed by atoms with Gasteiger partial charge < -0.3 is 10.7 Å². The number of H-pyrrole nitrogens is 1. The van der Waals surface area contributed by atoms with E-state index in [0.717, 1.165) is 28.3 Å². The minimum atomic E-state index is 0.341. The van der Waals surface area contributed by atoms with Crippen LogP contribution in [0.25, 0.3) is 11.0 Å². The number of benzene rings is 2. The molecule has 0 radical (unpaired) electrons. The summed E-state index contributed by atoms with van der Waals surface area (Å²) in [5.41, 5.74) is 9.98. The van der Waals surface area contributed by atoms with E-state index in [1.807, 2.05) is 30.0 Å². The molecule has 0 amide bonds. The highest BCUT2D eigenvalue weighted by atomic mass is 32.2. The van der Waals surface area contributed by atoms with Crippen LogP contribution in [0.4, 0.5) is 5.69 Å². The summed E-state index contributed by atoms with van der Waals surface area (Å²) in [7, 11) is 0. The number of nitrogens with zero attached hydrogens (tertiary/aromatic N) is 1. The summed E-state index contributed by atoms with van der Waals surface area (Å²) >= 11 is 1.89. The van der Waals surface area contributed by atoms with Crippen molar-refractivity contribution in [1.82, 2.24) is 9.97 Å². The molecule has 3 nitrogen and oxygen atoms in total. The monoisotopic (exact) mass is 267 g/mol. The number of nitrogens with one attached hydrogen (secondary N) is 1. The first-order valence-electron chi connectivity index (χ1n) is 6.29. The van der Waals surface area contributed by atoms with Gasteiger partial charge in [0, 0.05) is 10.6 Å². The summed E-state index contributed by atoms with van der Waals surface area (Å²) in [6, 6.07) is 14.4. The predicted octanol–water partition coefficient (Wildman–Crippen LogP) is 3.38. The molecular weight excluding hydrogens is 254 g/mol. The smallest absolute Gasteiger partial charge is 0.115 e. The quantitative estimate of drug-likeness (QED) is 0.664. The third kappa shape index (κ3) is 1.64. The zero-order chi connectivity index (χ0) is 12.8. The van der Waals surface area contributed by atoms with Gasteiger partial charge >= 0.3 is 0 Å². The van der Waals surface area contributed by atoms with Crippen molar-refractivity contribution in [2.24, 2.45) is 0 Å². The van der Waals surface area contributed by atoms with E-state index < -0.39 is 0 Å². The van der Waals surface area contributed by atoms with Crippen LogP contribution in [0, 0.1) is 0 Å². The van der Waals surface area contributed by atoms with E-state index in [1.54, 1.807) is 0 Å². The van der Waals surface area contributed by atoms with E-state index in [9.17, 15) is 0 Å². The first kappa shape index (κ1) is 10.9. The molecule has 4 heteroatoms. The van der Waals surface area contributed by atoms with Gasteiger partial charge in [-0.2, -0.15) is 0 Å². The molecular formula is C15H13N3S. The van der Waals surface area contributed by atoms with E-state index in [1.165, 1.54) is 10.5 Å². The minimum absolute atomic E-state index is 0.341. The fraction of sp³-hybridized carbons (Fsp3) is 0.133. The number of hydrogen-bond acceptors (Lipinski definition) is 3. The number of hydrogen-bond donors (Lipinski definition) is 2. The van der Waals surface area contributed by atoms with E-state index in [4.69, 9.17) is 10.7 Å². The molecule has 2 heterocycles. The minimum Gasteiger partial charge on any atom is -0.397 e. The second kappa shape index (κ2) is 4.03. The third-order valence-electron chi connectivity index (χ3n) is 3.59. The van der Waals surface area contributed by atoms with Crippen molar-refractivity contribution >= 4 is 28.5 Å². The Kier molecular flexibility index (Phi) is 2.32. The zero-order valence-corrected chi connectivity index (χ0v) is 11.1. The lowest BCUT2D eigenvalue weighted by Crippen LogP contribution is -2.01. The number of rotatable bonds is 1. The molecule has 2 aromatic carbocycles. The Balaban J connectivity index is 1.86. The lowest BCUT2D eigenvalue weighted by atomic mass is 10.0. The number of imidazole rings is 1. The summed E-state index contributed by atoms with van der Waals surface area (Å²) in [6.07, 6.45) is 0. The molecule has 0 saturated carbocycles. The number of para-hydroxylation sites is 1. The van der Waals surface area contributed by atoms with Crippen molar-refractivity contribution in [2.75, 3.05) is 11.5 Å². The van der Waals surface area contributed by atoms with Gasteiger partial charge in [-0.05, 0) is 23.8 Å². The average molecular weight is 267 g/mol. The lowest BCUT2D eigenvalue weighted by Gasteiger charge is -2.06. The van der Waals surface area contributed by atoms with Gasteiger partial charge in [-0.1, -0.05) is 24.3 Å². The van der Waals surface area contributed by atoms with Gasteiger partial charge in [0.1, 0.15) is 11.3 Å². The van der Waals surface area contributed by atoms with Gasteiger partial charge in [-0.15, -0.1) is 11.8 Å². The molecule has 1 aliphatic heterocycles. The van der Waals surface area contributed by atoms with Crippen molar-refractivity contribution in [3.05, 3.63) is 53.9 Å². The number of thioether (sulfide) groups is 1. The van der Waals surface area contributed by atoms with Crippen LogP contribution in [0.5, 0.6) is 0 Å². The zero-order valence-electron chi connectivity index (χ0n) is 10.3. The van der Waals surface area contributed by atoms with Gasteiger partial charge in [0.05, 0.1) is 17.1 Å². The number of anilines is 1. The van der Waals surface area contributed by atoms with Crippen molar-refractivity contribution in [1.29, 1.82) is 0 Å². The standard InChI is InChI=1S/C15H13N3S/c16-11-5-3-6-12-14(11)18-15(17-12)10-8-19-13-7-2-1-4-9(10)13/h1-7,10H,8,16H2,(H,17,18). The van der Waals surface area contributed by atoms with Crippen LogP contribution in [-0.2, 0) is 0 Å². The Hall–Kier alpha value is -1.94. The summed E-state index contributed by atoms with van der Waals surface area (Å²) in [5.74, 6) is 2.40. The second-order valence-electron chi connectivity index (χ2n) is 4.77. The first-order valence-corrected chi connectivity index (χ1v) is 7.27. The van der Waals surface area contributed by atoms with Crippen molar-refractivity contribution in [3.8, 4) is 0 Å². The van der Waals surface area contributed by atoms with Gasteiger partial charge in [-0.25, -0.2) is 4.98 Å². The highest BCUT2D eigenvalue weighted by molar-refractivity contribution is 7.99. The SMILES string of the molecule is Nc1cccc2[nH]c(C3CSc4ccccc43)nc12. The molecule has 1 atom stereocenters. The molecule has 0 aliphatic carbocycles. The highest BCUT2D eigenvalue weighted by Gasteiger charge is 2.26. The van der Waals surface area contributed by atoms with Crippen LogP contribution in [-0.4, -0.2) is 15.7 Å². The maximum atomic E-state index is 5.98. The molecule has 0 spiro atoms. The fourth-order valence-electron chi connectivity index (χ4n) is 2.63. The predicted molar refractivity (Wildman–Crippen MR) is 79.5 cm³/mol. The van der Waals surface area contributed by atoms with Crippen LogP contribution >= 0.6 is 11.8 Å². The third-order valence-corrected chi connectivity index (χ3v) is 4.78. The molecule has 94 valence electrons. The molecule has 1 aliphatic rings. The molecule has 0 saturated heterocycles. The van der Waals surface area contributed by atoms with Crippen LogP contribution in [0.1, 0.15) is 17.3 Å². The summed E-state index contributed by atoms with van der Waals surface area (Å²) in [6.45, 7) is 0. The maximum absolute atomic E-state index is 5.98. The summed E-state index contributed by atoms with van der Waals surface area (Å²) in [4.78, 5) is 9.48. The Morgan fingerprint density at radius 1 is 1.16 bits per heavy atom. The lowest BCUT2D eigenvalue weighted by molar-refractivity contribution is 0.859. The Labute approximate surface area is 115 Å². The maximum Gasteiger partial charge on any atom is 0.115 e. The molecule has 3 N–H and O–H groups in total. The van der Waals surface area contributed by atoms with E-state index in [2.05, 4.69) is 29.2 Å². The van der Waals surface area contributed by atoms with Gasteiger partial charge in [0.2, 0.25) is 0 Å². The van der Waals surface area contributed by atoms with Gasteiger partial charge in [0.15, 0.2) is 0 Å². The number of aromatic nitrogens is 2. The van der Waals surface area contributed by atoms with E-state index >= 15 is 0 Å². The molecule has 19 heavy (non-hydrogen) atoms. The van der Waals surface area contributed by atoms with Gasteiger partial charge in [0.25, 0.3) is 0 Å². The van der Waals surface area contributed by atoms with Crippen LogP contribution in [0.2, 0.25) is 0 Å². The number of aromatic amines is 1. The summed E-state index contributed by atoms with van der Waals surface area (Å²) < 4.78 is 0. The molecule has 1 unspecified atom stereocenters. The van der Waals surface area contributed by atoms with Crippen molar-refractivity contribution in [3.63, 3.8) is 0 Å². The van der Waals surface area contributed by atoms with Crippen molar-refractivity contribution < 1.29 is 0 Å². The van der Waals surface area contributed by atoms with Crippen LogP contribution in [0.15, 0.2) is 47.4 Å². The fourth-order valence-corrected chi connectivity index (χ4v) is 3.86. The topological polar surface area (TPSA) is 54.7 Å². The molecule has 4 rings (SSSR count). The number of nitrogens with two attached hydrogens (primary N) is 1. The van der Waals surface area contributed by atoms with Crippen LogP contribution in [0.3, 0.4) is 0 Å². The van der Waals surface area contributed by atoms with E-state index in [-0.39, 0.29) is 0 Å². The van der Waals surface area contributed by atoms with Crippen molar-refractivity contribution in [2.45, 2.75) is 10.8 Å². The molecule has 0 fully saturated rings. The normalized spacial score (nSPS) is 17.8. The molecule has 3 aromatic rings. The number of nitrogen functional groups attached to an aromatic ring is 1. The highest BCUT2D eigenvalue weighted by Crippen LogP contribution is 2.42. The summed E-state index contributed by atoms with van der Waals surface area (Å²) in [5, 5.41) is 0. The Bertz CT molecular complexity index is 763. The first-order chi connectivity index (χ1) is 9.33. The van der Waals surface area contributed by atoms with Gasteiger partial charge in [-0.3, -0.25) is 0 Å². The average Bonchev–Trinajstić information content (AvgIpc) is 3.02. The molecule has 0 bridgehead atoms. The van der Waals surface area contributed by atoms with Crippen LogP contribution < -0.4 is 5.73 Å². The Morgan fingerprint density at radius 2 is 2.05 bits per heavy atom. The van der Waals surface area contributed by atoms with E-state index in [0.29, 0.717) is 5.92 Å². The molecule has 1 aromatic heterocycles. The second-order valence-corrected chi connectivity index (χ2v) is 5.83. The number of fused-ring (bicyclic) bond motifs is 2. The largest absolute Gasteiger partial charge is 0.397 e. The Morgan fingerprint density at radius 3 is 2.95 bits per heavy atom.